The summed E-state index contributed by atoms with van der Waals surface area (Å²) < 4.78 is 1.95. The van der Waals surface area contributed by atoms with Crippen molar-refractivity contribution < 1.29 is 0 Å². The second kappa shape index (κ2) is 2.73. The van der Waals surface area contributed by atoms with Crippen molar-refractivity contribution in [3.8, 4) is 0 Å². The maximum atomic E-state index is 5.73. The summed E-state index contributed by atoms with van der Waals surface area (Å²) in [5.41, 5.74) is 8.44. The Labute approximate surface area is 76.4 Å². The fraction of sp³-hybridized carbons (Fsp3) is 0.333. The standard InChI is InChI=1S/C9H12N4/c1-3-8-11-12-9-6(2)4-7(10)5-13(8)9/h4-5H,3,10H2,1-2H3. The van der Waals surface area contributed by atoms with Crippen LogP contribution >= 0.6 is 0 Å². The van der Waals surface area contributed by atoms with E-state index in [0.717, 1.165) is 29.1 Å². The van der Waals surface area contributed by atoms with Crippen molar-refractivity contribution in [1.82, 2.24) is 14.6 Å². The van der Waals surface area contributed by atoms with Gasteiger partial charge < -0.3 is 5.73 Å². The minimum atomic E-state index is 0.750. The van der Waals surface area contributed by atoms with Gasteiger partial charge >= 0.3 is 0 Å². The van der Waals surface area contributed by atoms with E-state index >= 15 is 0 Å². The van der Waals surface area contributed by atoms with Gasteiger partial charge in [-0.1, -0.05) is 6.92 Å². The zero-order valence-corrected chi connectivity index (χ0v) is 7.78. The van der Waals surface area contributed by atoms with Gasteiger partial charge in [0.2, 0.25) is 0 Å². The molecule has 0 atom stereocenters. The first-order chi connectivity index (χ1) is 6.22. The van der Waals surface area contributed by atoms with Crippen molar-refractivity contribution in [2.75, 3.05) is 5.73 Å². The van der Waals surface area contributed by atoms with Crippen molar-refractivity contribution in [2.45, 2.75) is 20.3 Å². The highest BCUT2D eigenvalue weighted by molar-refractivity contribution is 5.54. The highest BCUT2D eigenvalue weighted by Crippen LogP contribution is 2.13. The summed E-state index contributed by atoms with van der Waals surface area (Å²) in [5, 5.41) is 8.16. The molecule has 0 aliphatic rings. The third-order valence-electron chi connectivity index (χ3n) is 2.10. The van der Waals surface area contributed by atoms with E-state index in [2.05, 4.69) is 17.1 Å². The summed E-state index contributed by atoms with van der Waals surface area (Å²) in [6.45, 7) is 4.04. The Morgan fingerprint density at radius 1 is 1.46 bits per heavy atom. The summed E-state index contributed by atoms with van der Waals surface area (Å²) >= 11 is 0. The molecule has 0 saturated heterocycles. The largest absolute Gasteiger partial charge is 0.398 e. The summed E-state index contributed by atoms with van der Waals surface area (Å²) in [6, 6.07) is 1.91. The minimum absolute atomic E-state index is 0.750. The first-order valence-corrected chi connectivity index (χ1v) is 4.32. The number of hydrogen-bond acceptors (Lipinski definition) is 3. The lowest BCUT2D eigenvalue weighted by molar-refractivity contribution is 0.910. The first-order valence-electron chi connectivity index (χ1n) is 4.32. The molecule has 0 spiro atoms. The van der Waals surface area contributed by atoms with E-state index in [1.165, 1.54) is 0 Å². The molecule has 0 aliphatic carbocycles. The molecular formula is C9H12N4. The molecule has 0 aromatic carbocycles. The Bertz CT molecular complexity index is 444. The normalized spacial score (nSPS) is 10.9. The molecule has 0 bridgehead atoms. The van der Waals surface area contributed by atoms with Crippen LogP contribution in [-0.4, -0.2) is 14.6 Å². The van der Waals surface area contributed by atoms with Crippen molar-refractivity contribution in [1.29, 1.82) is 0 Å². The monoisotopic (exact) mass is 176 g/mol. The maximum absolute atomic E-state index is 5.73. The Morgan fingerprint density at radius 2 is 2.23 bits per heavy atom. The number of rotatable bonds is 1. The van der Waals surface area contributed by atoms with Gasteiger partial charge in [0.25, 0.3) is 0 Å². The number of nitrogen functional groups attached to an aromatic ring is 1. The molecule has 2 aromatic heterocycles. The number of anilines is 1. The van der Waals surface area contributed by atoms with Crippen molar-refractivity contribution in [3.05, 3.63) is 23.7 Å². The van der Waals surface area contributed by atoms with Crippen LogP contribution in [0.4, 0.5) is 5.69 Å². The number of nitrogens with zero attached hydrogens (tertiary/aromatic N) is 3. The molecular weight excluding hydrogens is 164 g/mol. The number of hydrogen-bond donors (Lipinski definition) is 1. The topological polar surface area (TPSA) is 56.2 Å². The molecule has 0 amide bonds. The Morgan fingerprint density at radius 3 is 2.92 bits per heavy atom. The van der Waals surface area contributed by atoms with Gasteiger partial charge in [-0.25, -0.2) is 0 Å². The van der Waals surface area contributed by atoms with Gasteiger partial charge in [0.1, 0.15) is 5.82 Å². The SMILES string of the molecule is CCc1nnc2c(C)cc(N)cn12. The van der Waals surface area contributed by atoms with Gasteiger partial charge in [-0.15, -0.1) is 10.2 Å². The molecule has 4 heteroatoms. The average Bonchev–Trinajstić information content (AvgIpc) is 2.47. The Hall–Kier alpha value is -1.58. The van der Waals surface area contributed by atoms with E-state index in [1.54, 1.807) is 0 Å². The predicted octanol–water partition coefficient (Wildman–Crippen LogP) is 1.18. The number of aryl methyl sites for hydroxylation is 2. The van der Waals surface area contributed by atoms with E-state index < -0.39 is 0 Å². The zero-order valence-electron chi connectivity index (χ0n) is 7.78. The molecule has 4 nitrogen and oxygen atoms in total. The van der Waals surface area contributed by atoms with Gasteiger partial charge in [0, 0.05) is 18.3 Å². The minimum Gasteiger partial charge on any atom is -0.398 e. The maximum Gasteiger partial charge on any atom is 0.163 e. The third-order valence-corrected chi connectivity index (χ3v) is 2.10. The zero-order chi connectivity index (χ0) is 9.42. The lowest BCUT2D eigenvalue weighted by Gasteiger charge is -2.00. The summed E-state index contributed by atoms with van der Waals surface area (Å²) in [5.74, 6) is 0.949. The second-order valence-corrected chi connectivity index (χ2v) is 3.12. The Balaban J connectivity index is 2.82. The second-order valence-electron chi connectivity index (χ2n) is 3.12. The van der Waals surface area contributed by atoms with Crippen molar-refractivity contribution in [3.63, 3.8) is 0 Å². The average molecular weight is 176 g/mol. The fourth-order valence-electron chi connectivity index (χ4n) is 1.47. The van der Waals surface area contributed by atoms with Gasteiger partial charge in [-0.3, -0.25) is 4.40 Å². The molecule has 0 radical (unpaired) electrons. The highest BCUT2D eigenvalue weighted by Gasteiger charge is 2.05. The number of aromatic nitrogens is 3. The van der Waals surface area contributed by atoms with Crippen LogP contribution in [0.2, 0.25) is 0 Å². The van der Waals surface area contributed by atoms with Gasteiger partial charge in [0.05, 0.1) is 0 Å². The van der Waals surface area contributed by atoms with E-state index in [-0.39, 0.29) is 0 Å². The lowest BCUT2D eigenvalue weighted by Crippen LogP contribution is -1.96. The number of nitrogens with two attached hydrogens (primary N) is 1. The first kappa shape index (κ1) is 8.04. The molecule has 0 unspecified atom stereocenters. The molecule has 13 heavy (non-hydrogen) atoms. The van der Waals surface area contributed by atoms with E-state index in [1.807, 2.05) is 23.6 Å². The highest BCUT2D eigenvalue weighted by atomic mass is 15.2. The number of fused-ring (bicyclic) bond motifs is 1. The van der Waals surface area contributed by atoms with Crippen LogP contribution in [-0.2, 0) is 6.42 Å². The number of pyridine rings is 1. The molecule has 0 aliphatic heterocycles. The van der Waals surface area contributed by atoms with Crippen molar-refractivity contribution in [2.24, 2.45) is 0 Å². The van der Waals surface area contributed by atoms with Crippen LogP contribution in [0, 0.1) is 6.92 Å². The van der Waals surface area contributed by atoms with E-state index in [0.29, 0.717) is 0 Å². The summed E-state index contributed by atoms with van der Waals surface area (Å²) in [6.07, 6.45) is 2.73. The van der Waals surface area contributed by atoms with Crippen LogP contribution in [0.1, 0.15) is 18.3 Å². The van der Waals surface area contributed by atoms with Gasteiger partial charge in [-0.05, 0) is 18.6 Å². The summed E-state index contributed by atoms with van der Waals surface area (Å²) in [7, 11) is 0. The van der Waals surface area contributed by atoms with Crippen molar-refractivity contribution >= 4 is 11.3 Å². The molecule has 68 valence electrons. The fourth-order valence-corrected chi connectivity index (χ4v) is 1.47. The van der Waals surface area contributed by atoms with Crippen LogP contribution in [0.25, 0.3) is 5.65 Å². The molecule has 2 N–H and O–H groups in total. The molecule has 0 fully saturated rings. The summed E-state index contributed by atoms with van der Waals surface area (Å²) in [4.78, 5) is 0. The van der Waals surface area contributed by atoms with E-state index in [4.69, 9.17) is 5.73 Å². The molecule has 2 aromatic rings. The van der Waals surface area contributed by atoms with Crippen LogP contribution in [0.3, 0.4) is 0 Å². The quantitative estimate of drug-likeness (QED) is 0.709. The molecule has 0 saturated carbocycles. The smallest absolute Gasteiger partial charge is 0.163 e. The van der Waals surface area contributed by atoms with Gasteiger partial charge in [0.15, 0.2) is 5.65 Å². The van der Waals surface area contributed by atoms with Gasteiger partial charge in [-0.2, -0.15) is 0 Å². The lowest BCUT2D eigenvalue weighted by atomic mass is 10.3. The third kappa shape index (κ3) is 1.14. The van der Waals surface area contributed by atoms with E-state index in [9.17, 15) is 0 Å². The molecule has 2 heterocycles. The molecule has 2 rings (SSSR count). The van der Waals surface area contributed by atoms with Crippen LogP contribution in [0.5, 0.6) is 0 Å². The predicted molar refractivity (Wildman–Crippen MR) is 51.5 cm³/mol. The van der Waals surface area contributed by atoms with Crippen LogP contribution in [0.15, 0.2) is 12.3 Å². The van der Waals surface area contributed by atoms with Crippen LogP contribution < -0.4 is 5.73 Å². The Kier molecular flexibility index (Phi) is 1.69.